The maximum absolute atomic E-state index is 12.9. The normalized spacial score (nSPS) is 11.6. The second kappa shape index (κ2) is 7.55. The van der Waals surface area contributed by atoms with Gasteiger partial charge in [0.05, 0.1) is 17.1 Å². The molecular formula is C16H15FN4O4S2. The maximum atomic E-state index is 12.9. The Bertz CT molecular complexity index is 1070. The molecule has 0 spiro atoms. The second-order valence-electron chi connectivity index (χ2n) is 5.55. The molecule has 3 aromatic rings. The van der Waals surface area contributed by atoms with E-state index in [0.717, 1.165) is 23.5 Å². The monoisotopic (exact) mass is 410 g/mol. The van der Waals surface area contributed by atoms with Crippen molar-refractivity contribution < 1.29 is 22.7 Å². The molecular weight excluding hydrogens is 395 g/mol. The third kappa shape index (κ3) is 4.38. The number of aromatic carboxylic acids is 1. The fourth-order valence-electron chi connectivity index (χ4n) is 2.30. The van der Waals surface area contributed by atoms with Crippen LogP contribution in [0.1, 0.15) is 15.4 Å². The molecule has 0 aliphatic carbocycles. The van der Waals surface area contributed by atoms with Gasteiger partial charge < -0.3 is 5.11 Å². The van der Waals surface area contributed by atoms with Gasteiger partial charge >= 0.3 is 5.97 Å². The third-order valence-corrected chi connectivity index (χ3v) is 6.25. The highest BCUT2D eigenvalue weighted by molar-refractivity contribution is 7.89. The molecule has 0 bridgehead atoms. The van der Waals surface area contributed by atoms with Gasteiger partial charge in [0.25, 0.3) is 0 Å². The first-order valence-electron chi connectivity index (χ1n) is 7.76. The van der Waals surface area contributed by atoms with Crippen molar-refractivity contribution >= 4 is 27.3 Å². The topological polar surface area (TPSA) is 114 Å². The molecule has 0 unspecified atom stereocenters. The van der Waals surface area contributed by atoms with Crippen LogP contribution in [0.15, 0.2) is 41.4 Å². The number of halogens is 1. The number of hydrogen-bond acceptors (Lipinski definition) is 6. The molecule has 8 nitrogen and oxygen atoms in total. The summed E-state index contributed by atoms with van der Waals surface area (Å²) in [7, 11) is -3.74. The van der Waals surface area contributed by atoms with Crippen molar-refractivity contribution in [1.82, 2.24) is 19.5 Å². The van der Waals surface area contributed by atoms with Crippen LogP contribution in [0.25, 0.3) is 10.7 Å². The van der Waals surface area contributed by atoms with Crippen LogP contribution < -0.4 is 4.72 Å². The number of sulfonamides is 1. The quantitative estimate of drug-likeness (QED) is 0.617. The molecule has 2 N–H and O–H groups in total. The molecule has 11 heteroatoms. The highest BCUT2D eigenvalue weighted by Crippen LogP contribution is 2.26. The van der Waals surface area contributed by atoms with Crippen LogP contribution in [0.3, 0.4) is 0 Å². The predicted octanol–water partition coefficient (Wildman–Crippen LogP) is 2.13. The van der Waals surface area contributed by atoms with Gasteiger partial charge in [0.2, 0.25) is 10.0 Å². The first kappa shape index (κ1) is 19.1. The van der Waals surface area contributed by atoms with Gasteiger partial charge in [-0.05, 0) is 37.3 Å². The SMILES string of the molecule is Cc1nc(-c2ccn(CCNS(=O)(=O)c3ccc(F)cc3)n2)sc1C(=O)O. The summed E-state index contributed by atoms with van der Waals surface area (Å²) >= 11 is 1.03. The van der Waals surface area contributed by atoms with Crippen molar-refractivity contribution in [2.45, 2.75) is 18.4 Å². The Morgan fingerprint density at radius 1 is 1.30 bits per heavy atom. The fourth-order valence-corrected chi connectivity index (χ4v) is 4.19. The highest BCUT2D eigenvalue weighted by atomic mass is 32.2. The van der Waals surface area contributed by atoms with Crippen LogP contribution in [-0.4, -0.2) is 40.8 Å². The van der Waals surface area contributed by atoms with Crippen LogP contribution in [0.2, 0.25) is 0 Å². The Balaban J connectivity index is 1.64. The van der Waals surface area contributed by atoms with E-state index in [1.807, 2.05) is 0 Å². The lowest BCUT2D eigenvalue weighted by Gasteiger charge is -2.06. The third-order valence-electron chi connectivity index (χ3n) is 3.61. The summed E-state index contributed by atoms with van der Waals surface area (Å²) in [6.45, 7) is 1.96. The molecule has 0 atom stereocenters. The molecule has 0 radical (unpaired) electrons. The molecule has 0 fully saturated rings. The number of rotatable bonds is 7. The zero-order valence-electron chi connectivity index (χ0n) is 14.1. The Kier molecular flexibility index (Phi) is 5.35. The Morgan fingerprint density at radius 2 is 2.00 bits per heavy atom. The van der Waals surface area contributed by atoms with E-state index < -0.39 is 21.8 Å². The maximum Gasteiger partial charge on any atom is 0.347 e. The molecule has 0 saturated carbocycles. The summed E-state index contributed by atoms with van der Waals surface area (Å²) < 4.78 is 41.1. The van der Waals surface area contributed by atoms with Crippen molar-refractivity contribution in [1.29, 1.82) is 0 Å². The van der Waals surface area contributed by atoms with E-state index in [9.17, 15) is 17.6 Å². The summed E-state index contributed by atoms with van der Waals surface area (Å²) in [6, 6.07) is 6.22. The number of carbonyl (C=O) groups is 1. The molecule has 0 aliphatic heterocycles. The highest BCUT2D eigenvalue weighted by Gasteiger charge is 2.17. The van der Waals surface area contributed by atoms with Gasteiger partial charge in [0.1, 0.15) is 21.4 Å². The molecule has 0 saturated heterocycles. The summed E-state index contributed by atoms with van der Waals surface area (Å²) in [5.41, 5.74) is 0.932. The summed E-state index contributed by atoms with van der Waals surface area (Å²) in [6.07, 6.45) is 1.65. The van der Waals surface area contributed by atoms with Gasteiger partial charge in [-0.25, -0.2) is 27.3 Å². The molecule has 0 aliphatic rings. The number of hydrogen-bond donors (Lipinski definition) is 2. The number of aryl methyl sites for hydroxylation is 1. The van der Waals surface area contributed by atoms with Crippen LogP contribution in [-0.2, 0) is 16.6 Å². The van der Waals surface area contributed by atoms with Crippen LogP contribution >= 0.6 is 11.3 Å². The van der Waals surface area contributed by atoms with Gasteiger partial charge in [0, 0.05) is 12.7 Å². The van der Waals surface area contributed by atoms with Gasteiger partial charge in [0.15, 0.2) is 0 Å². The van der Waals surface area contributed by atoms with Crippen molar-refractivity contribution in [3.63, 3.8) is 0 Å². The van der Waals surface area contributed by atoms with Crippen LogP contribution in [0.5, 0.6) is 0 Å². The van der Waals surface area contributed by atoms with E-state index in [4.69, 9.17) is 5.11 Å². The Labute approximate surface area is 158 Å². The van der Waals surface area contributed by atoms with Crippen molar-refractivity contribution in [3.8, 4) is 10.7 Å². The molecule has 0 amide bonds. The minimum Gasteiger partial charge on any atom is -0.477 e. The van der Waals surface area contributed by atoms with E-state index in [1.165, 1.54) is 16.8 Å². The molecule has 2 aromatic heterocycles. The second-order valence-corrected chi connectivity index (χ2v) is 8.32. The number of carboxylic acids is 1. The van der Waals surface area contributed by atoms with E-state index in [-0.39, 0.29) is 22.9 Å². The number of aromatic nitrogens is 3. The Hall–Kier alpha value is -2.63. The van der Waals surface area contributed by atoms with Crippen LogP contribution in [0, 0.1) is 12.7 Å². The average molecular weight is 410 g/mol. The number of nitrogens with zero attached hydrogens (tertiary/aromatic N) is 3. The largest absolute Gasteiger partial charge is 0.477 e. The fraction of sp³-hybridized carbons (Fsp3) is 0.188. The standard InChI is InChI=1S/C16H15FN4O4S2/c1-10-14(16(22)23)26-15(19-10)13-6-8-21(20-13)9-7-18-27(24,25)12-4-2-11(17)3-5-12/h2-6,8,18H,7,9H2,1H3,(H,22,23). The molecule has 142 valence electrons. The molecule has 3 rings (SSSR count). The van der Waals surface area contributed by atoms with E-state index >= 15 is 0 Å². The number of benzene rings is 1. The minimum absolute atomic E-state index is 0.0236. The lowest BCUT2D eigenvalue weighted by Crippen LogP contribution is -2.27. The number of nitrogens with one attached hydrogen (secondary N) is 1. The smallest absolute Gasteiger partial charge is 0.347 e. The first-order valence-corrected chi connectivity index (χ1v) is 10.1. The van der Waals surface area contributed by atoms with Crippen molar-refractivity contribution in [2.24, 2.45) is 0 Å². The lowest BCUT2D eigenvalue weighted by molar-refractivity contribution is 0.0701. The lowest BCUT2D eigenvalue weighted by atomic mass is 10.4. The zero-order valence-corrected chi connectivity index (χ0v) is 15.7. The molecule has 27 heavy (non-hydrogen) atoms. The molecule has 2 heterocycles. The summed E-state index contributed by atoms with van der Waals surface area (Å²) in [5.74, 6) is -1.55. The van der Waals surface area contributed by atoms with Crippen molar-refractivity contribution in [3.05, 3.63) is 52.9 Å². The van der Waals surface area contributed by atoms with E-state index in [0.29, 0.717) is 16.4 Å². The first-order chi connectivity index (χ1) is 12.8. The Morgan fingerprint density at radius 3 is 2.63 bits per heavy atom. The number of carboxylic acid groups (broad SMARTS) is 1. The average Bonchev–Trinajstić information content (AvgIpc) is 3.21. The summed E-state index contributed by atoms with van der Waals surface area (Å²) in [5, 5.41) is 13.9. The van der Waals surface area contributed by atoms with Gasteiger partial charge in [-0.1, -0.05) is 0 Å². The zero-order chi connectivity index (χ0) is 19.6. The summed E-state index contributed by atoms with van der Waals surface area (Å²) in [4.78, 5) is 15.4. The van der Waals surface area contributed by atoms with Gasteiger partial charge in [-0.15, -0.1) is 11.3 Å². The van der Waals surface area contributed by atoms with Gasteiger partial charge in [-0.3, -0.25) is 4.68 Å². The van der Waals surface area contributed by atoms with Crippen LogP contribution in [0.4, 0.5) is 4.39 Å². The minimum atomic E-state index is -3.74. The van der Waals surface area contributed by atoms with Crippen molar-refractivity contribution in [2.75, 3.05) is 6.54 Å². The molecule has 1 aromatic carbocycles. The number of thiazole rings is 1. The van der Waals surface area contributed by atoms with E-state index in [1.54, 1.807) is 19.2 Å². The predicted molar refractivity (Wildman–Crippen MR) is 96.6 cm³/mol. The van der Waals surface area contributed by atoms with E-state index in [2.05, 4.69) is 14.8 Å². The van der Waals surface area contributed by atoms with Gasteiger partial charge in [-0.2, -0.15) is 5.10 Å².